The van der Waals surface area contributed by atoms with Gasteiger partial charge in [-0.2, -0.15) is 0 Å². The summed E-state index contributed by atoms with van der Waals surface area (Å²) in [4.78, 5) is 53.3. The molecule has 132 valence electrons. The number of ether oxygens (including phenoxy) is 1. The molecule has 1 aliphatic rings. The fourth-order valence-corrected chi connectivity index (χ4v) is 2.00. The molecule has 0 aliphatic carbocycles. The van der Waals surface area contributed by atoms with E-state index in [1.807, 2.05) is 0 Å². The number of carbonyl (C=O) groups excluding carboxylic acids is 2. The van der Waals surface area contributed by atoms with E-state index in [1.54, 1.807) is 0 Å². The van der Waals surface area contributed by atoms with E-state index in [0.717, 1.165) is 12.1 Å². The predicted molar refractivity (Wildman–Crippen MR) is 83.5 cm³/mol. The van der Waals surface area contributed by atoms with Crippen LogP contribution in [0.4, 0.5) is 0 Å². The molecule has 1 aliphatic heterocycles. The summed E-state index contributed by atoms with van der Waals surface area (Å²) in [5.41, 5.74) is 0.0371. The molecule has 2 aromatic carbocycles. The van der Waals surface area contributed by atoms with Gasteiger partial charge in [-0.1, -0.05) is 6.07 Å². The highest BCUT2D eigenvalue weighted by Crippen LogP contribution is 2.20. The lowest BCUT2D eigenvalue weighted by atomic mass is 10.1. The van der Waals surface area contributed by atoms with Gasteiger partial charge in [0.1, 0.15) is 0 Å². The Morgan fingerprint density at radius 3 is 1.62 bits per heavy atom. The van der Waals surface area contributed by atoms with Crippen molar-refractivity contribution >= 4 is 29.8 Å². The van der Waals surface area contributed by atoms with Gasteiger partial charge in [-0.3, -0.25) is 0 Å². The van der Waals surface area contributed by atoms with Gasteiger partial charge in [0.05, 0.1) is 27.8 Å². The summed E-state index contributed by atoms with van der Waals surface area (Å²) in [6.07, 6.45) is 0. The maximum Gasteiger partial charge on any atom is 0.346 e. The number of esters is 2. The molecule has 0 fully saturated rings. The first kappa shape index (κ1) is 18.3. The van der Waals surface area contributed by atoms with Crippen molar-refractivity contribution in [2.75, 3.05) is 0 Å². The summed E-state index contributed by atoms with van der Waals surface area (Å²) >= 11 is 0. The number of hydrogen-bond acceptors (Lipinski definition) is 6. The second-order valence-corrected chi connectivity index (χ2v) is 4.93. The lowest BCUT2D eigenvalue weighted by Crippen LogP contribution is -2.01. The van der Waals surface area contributed by atoms with Gasteiger partial charge in [0.2, 0.25) is 0 Å². The van der Waals surface area contributed by atoms with Crippen LogP contribution in [0.2, 0.25) is 0 Å². The minimum atomic E-state index is -1.15. The fourth-order valence-electron chi connectivity index (χ4n) is 2.00. The van der Waals surface area contributed by atoms with Gasteiger partial charge in [0.15, 0.2) is 0 Å². The monoisotopic (exact) mass is 358 g/mol. The average molecular weight is 358 g/mol. The molecule has 2 aromatic rings. The van der Waals surface area contributed by atoms with E-state index >= 15 is 0 Å². The molecule has 0 saturated heterocycles. The number of aromatic carboxylic acids is 3. The van der Waals surface area contributed by atoms with E-state index in [0.29, 0.717) is 0 Å². The van der Waals surface area contributed by atoms with Crippen LogP contribution in [-0.2, 0) is 4.74 Å². The van der Waals surface area contributed by atoms with Crippen LogP contribution in [0.3, 0.4) is 0 Å². The van der Waals surface area contributed by atoms with Crippen molar-refractivity contribution in [3.63, 3.8) is 0 Å². The van der Waals surface area contributed by atoms with Crippen molar-refractivity contribution < 1.29 is 44.0 Å². The van der Waals surface area contributed by atoms with Crippen LogP contribution in [0.5, 0.6) is 0 Å². The average Bonchev–Trinajstić information content (AvgIpc) is 2.89. The molecule has 9 nitrogen and oxygen atoms in total. The molecule has 3 rings (SSSR count). The topological polar surface area (TPSA) is 155 Å². The van der Waals surface area contributed by atoms with Crippen LogP contribution in [0.15, 0.2) is 42.5 Å². The standard InChI is InChI=1S/C9H4O5.C8H6O4/c10-7(11)4-1-2-5-6(3-4)9(13)14-8(5)12;9-7(10)5-2-1-3-6(4-5)8(11)12/h1-3H,(H,10,11);1-4H,(H,9,10)(H,11,12). The summed E-state index contributed by atoms with van der Waals surface area (Å²) in [5.74, 6) is -4.94. The molecule has 0 radical (unpaired) electrons. The van der Waals surface area contributed by atoms with Gasteiger partial charge in [0, 0.05) is 0 Å². The number of rotatable bonds is 3. The van der Waals surface area contributed by atoms with Crippen molar-refractivity contribution in [2.24, 2.45) is 0 Å². The number of benzene rings is 2. The van der Waals surface area contributed by atoms with Gasteiger partial charge < -0.3 is 20.1 Å². The van der Waals surface area contributed by atoms with Gasteiger partial charge in [0.25, 0.3) is 0 Å². The molecule has 9 heteroatoms. The number of carboxylic acids is 3. The maximum absolute atomic E-state index is 11.0. The summed E-state index contributed by atoms with van der Waals surface area (Å²) in [6.45, 7) is 0. The number of hydrogen-bond donors (Lipinski definition) is 3. The Hall–Kier alpha value is -4.01. The first-order valence-electron chi connectivity index (χ1n) is 6.91. The fraction of sp³-hybridized carbons (Fsp3) is 0. The number of fused-ring (bicyclic) bond motifs is 1. The van der Waals surface area contributed by atoms with Gasteiger partial charge in [-0.05, 0) is 36.4 Å². The first-order valence-corrected chi connectivity index (χ1v) is 6.91. The molecule has 0 unspecified atom stereocenters. The third-order valence-corrected chi connectivity index (χ3v) is 3.25. The first-order chi connectivity index (χ1) is 12.2. The normalized spacial score (nSPS) is 11.7. The molecule has 0 bridgehead atoms. The Balaban J connectivity index is 0.000000190. The molecule has 0 aromatic heterocycles. The highest BCUT2D eigenvalue weighted by molar-refractivity contribution is 6.15. The van der Waals surface area contributed by atoms with E-state index in [2.05, 4.69) is 4.74 Å². The maximum atomic E-state index is 11.0. The minimum absolute atomic E-state index is 0.00917. The lowest BCUT2D eigenvalue weighted by molar-refractivity contribution is 0.0442. The lowest BCUT2D eigenvalue weighted by Gasteiger charge is -1.95. The van der Waals surface area contributed by atoms with Crippen molar-refractivity contribution in [3.05, 3.63) is 70.3 Å². The molecule has 1 heterocycles. The Kier molecular flexibility index (Phi) is 5.12. The smallest absolute Gasteiger partial charge is 0.346 e. The Morgan fingerprint density at radius 1 is 0.654 bits per heavy atom. The Labute approximate surface area is 145 Å². The van der Waals surface area contributed by atoms with Crippen LogP contribution < -0.4 is 0 Å². The van der Waals surface area contributed by atoms with Crippen molar-refractivity contribution in [1.82, 2.24) is 0 Å². The molecular weight excluding hydrogens is 348 g/mol. The number of carboxylic acid groups (broad SMARTS) is 3. The van der Waals surface area contributed by atoms with Crippen LogP contribution in [0.1, 0.15) is 51.8 Å². The summed E-state index contributed by atoms with van der Waals surface area (Å²) in [6, 6.07) is 8.85. The summed E-state index contributed by atoms with van der Waals surface area (Å²) < 4.78 is 4.30. The molecule has 0 saturated carbocycles. The molecule has 26 heavy (non-hydrogen) atoms. The van der Waals surface area contributed by atoms with Crippen molar-refractivity contribution in [3.8, 4) is 0 Å². The zero-order chi connectivity index (χ0) is 19.4. The van der Waals surface area contributed by atoms with E-state index in [-0.39, 0.29) is 27.8 Å². The van der Waals surface area contributed by atoms with Crippen LogP contribution in [0.25, 0.3) is 0 Å². The van der Waals surface area contributed by atoms with Crippen LogP contribution >= 0.6 is 0 Å². The van der Waals surface area contributed by atoms with E-state index in [4.69, 9.17) is 15.3 Å². The van der Waals surface area contributed by atoms with Crippen molar-refractivity contribution in [1.29, 1.82) is 0 Å². The zero-order valence-corrected chi connectivity index (χ0v) is 12.8. The van der Waals surface area contributed by atoms with E-state index in [1.165, 1.54) is 30.3 Å². The third kappa shape index (κ3) is 3.90. The van der Waals surface area contributed by atoms with E-state index in [9.17, 15) is 24.0 Å². The third-order valence-electron chi connectivity index (χ3n) is 3.25. The second-order valence-electron chi connectivity index (χ2n) is 4.93. The highest BCUT2D eigenvalue weighted by atomic mass is 16.6. The number of carbonyl (C=O) groups is 5. The van der Waals surface area contributed by atoms with E-state index < -0.39 is 29.8 Å². The van der Waals surface area contributed by atoms with Crippen molar-refractivity contribution in [2.45, 2.75) is 0 Å². The minimum Gasteiger partial charge on any atom is -0.478 e. The van der Waals surface area contributed by atoms with Gasteiger partial charge >= 0.3 is 29.8 Å². The Bertz CT molecular complexity index is 914. The molecular formula is C17H10O9. The SMILES string of the molecule is O=C(O)c1ccc2c(c1)C(=O)OC2=O.O=C(O)c1cccc(C(=O)O)c1. The Morgan fingerprint density at radius 2 is 1.12 bits per heavy atom. The molecule has 0 spiro atoms. The van der Waals surface area contributed by atoms with Crippen LogP contribution in [-0.4, -0.2) is 45.2 Å². The molecule has 0 amide bonds. The van der Waals surface area contributed by atoms with Gasteiger partial charge in [-0.15, -0.1) is 0 Å². The zero-order valence-electron chi connectivity index (χ0n) is 12.8. The van der Waals surface area contributed by atoms with Gasteiger partial charge in [-0.25, -0.2) is 24.0 Å². The second kappa shape index (κ2) is 7.26. The largest absolute Gasteiger partial charge is 0.478 e. The summed E-state index contributed by atoms with van der Waals surface area (Å²) in [7, 11) is 0. The summed E-state index contributed by atoms with van der Waals surface area (Å²) in [5, 5.41) is 25.6. The van der Waals surface area contributed by atoms with Crippen LogP contribution in [0, 0.1) is 0 Å². The molecule has 3 N–H and O–H groups in total. The predicted octanol–water partition coefficient (Wildman–Crippen LogP) is 1.78. The number of cyclic esters (lactones) is 2. The molecule has 0 atom stereocenters. The highest BCUT2D eigenvalue weighted by Gasteiger charge is 2.30. The quantitative estimate of drug-likeness (QED) is 0.549.